The molecule has 2 aromatic rings. The molecule has 0 radical (unpaired) electrons. The summed E-state index contributed by atoms with van der Waals surface area (Å²) in [5.41, 5.74) is 5.32. The molecular formula is C18H19NO5. The molecule has 0 saturated heterocycles. The van der Waals surface area contributed by atoms with Gasteiger partial charge in [0.2, 0.25) is 0 Å². The Morgan fingerprint density at radius 1 is 0.958 bits per heavy atom. The van der Waals surface area contributed by atoms with E-state index >= 15 is 0 Å². The number of benzene rings is 2. The highest BCUT2D eigenvalue weighted by Gasteiger charge is 2.19. The van der Waals surface area contributed by atoms with Gasteiger partial charge in [-0.1, -0.05) is 30.3 Å². The van der Waals surface area contributed by atoms with Crippen molar-refractivity contribution in [3.05, 3.63) is 60.2 Å². The molecule has 1 atom stereocenters. The van der Waals surface area contributed by atoms with E-state index < -0.39 is 18.0 Å². The minimum absolute atomic E-state index is 0.227. The van der Waals surface area contributed by atoms with Crippen molar-refractivity contribution in [1.82, 2.24) is 0 Å². The van der Waals surface area contributed by atoms with Gasteiger partial charge in [-0.15, -0.1) is 0 Å². The van der Waals surface area contributed by atoms with E-state index in [1.807, 2.05) is 30.3 Å². The third-order valence-electron chi connectivity index (χ3n) is 3.14. The number of hydrogen-bond donors (Lipinski definition) is 1. The normalized spacial score (nSPS) is 11.4. The summed E-state index contributed by atoms with van der Waals surface area (Å²) < 4.78 is 16.1. The Morgan fingerprint density at radius 2 is 1.58 bits per heavy atom. The van der Waals surface area contributed by atoms with Gasteiger partial charge in [0.05, 0.1) is 0 Å². The maximum absolute atomic E-state index is 12.1. The van der Waals surface area contributed by atoms with Gasteiger partial charge in [-0.05, 0) is 31.2 Å². The number of nitrogens with two attached hydrogens (primary N) is 1. The molecule has 6 heteroatoms. The highest BCUT2D eigenvalue weighted by molar-refractivity contribution is 5.94. The third kappa shape index (κ3) is 5.01. The first-order valence-electron chi connectivity index (χ1n) is 7.48. The molecule has 0 aromatic heterocycles. The lowest BCUT2D eigenvalue weighted by Gasteiger charge is -2.13. The van der Waals surface area contributed by atoms with Crippen LogP contribution >= 0.6 is 0 Å². The Morgan fingerprint density at radius 3 is 2.29 bits per heavy atom. The number of amides is 1. The van der Waals surface area contributed by atoms with Crippen LogP contribution in [-0.2, 0) is 9.53 Å². The first-order valence-corrected chi connectivity index (χ1v) is 7.48. The van der Waals surface area contributed by atoms with Gasteiger partial charge >= 0.3 is 5.97 Å². The summed E-state index contributed by atoms with van der Waals surface area (Å²) in [6.45, 7) is 1.99. The Balaban J connectivity index is 1.91. The van der Waals surface area contributed by atoms with E-state index in [9.17, 15) is 9.59 Å². The second kappa shape index (κ2) is 8.57. The van der Waals surface area contributed by atoms with Crippen molar-refractivity contribution >= 4 is 11.9 Å². The minimum Gasteiger partial charge on any atom is -0.490 e. The molecule has 0 saturated carbocycles. The first kappa shape index (κ1) is 17.3. The molecule has 24 heavy (non-hydrogen) atoms. The van der Waals surface area contributed by atoms with Gasteiger partial charge < -0.3 is 19.9 Å². The van der Waals surface area contributed by atoms with Crippen LogP contribution in [0.3, 0.4) is 0 Å². The monoisotopic (exact) mass is 329 g/mol. The molecule has 0 aliphatic heterocycles. The summed E-state index contributed by atoms with van der Waals surface area (Å²) >= 11 is 0. The molecule has 2 aromatic carbocycles. The lowest BCUT2D eigenvalue weighted by molar-refractivity contribution is -0.125. The maximum atomic E-state index is 12.1. The van der Waals surface area contributed by atoms with Crippen molar-refractivity contribution in [3.63, 3.8) is 0 Å². The summed E-state index contributed by atoms with van der Waals surface area (Å²) in [6.07, 6.45) is -1.01. The minimum atomic E-state index is -1.01. The van der Waals surface area contributed by atoms with Crippen molar-refractivity contribution in [2.75, 3.05) is 13.2 Å². The highest BCUT2D eigenvalue weighted by atomic mass is 16.6. The SMILES string of the molecule is C[C@@H](OC(=O)c1ccccc1OCCOc1ccccc1)C(N)=O. The zero-order chi connectivity index (χ0) is 17.4. The lowest BCUT2D eigenvalue weighted by Crippen LogP contribution is -2.30. The van der Waals surface area contributed by atoms with Crippen LogP contribution in [0.5, 0.6) is 11.5 Å². The van der Waals surface area contributed by atoms with Crippen molar-refractivity contribution in [2.24, 2.45) is 5.73 Å². The summed E-state index contributed by atoms with van der Waals surface area (Å²) in [5.74, 6) is -0.279. The molecule has 0 heterocycles. The predicted molar refractivity (Wildman–Crippen MR) is 87.9 cm³/mol. The molecule has 0 unspecified atom stereocenters. The Bertz CT molecular complexity index is 687. The van der Waals surface area contributed by atoms with E-state index in [1.54, 1.807) is 24.3 Å². The molecule has 0 aliphatic rings. The van der Waals surface area contributed by atoms with Crippen LogP contribution in [0.15, 0.2) is 54.6 Å². The molecule has 2 rings (SSSR count). The van der Waals surface area contributed by atoms with E-state index in [0.29, 0.717) is 12.4 Å². The summed E-state index contributed by atoms with van der Waals surface area (Å²) in [4.78, 5) is 23.1. The maximum Gasteiger partial charge on any atom is 0.342 e. The molecule has 2 N–H and O–H groups in total. The van der Waals surface area contributed by atoms with Crippen LogP contribution < -0.4 is 15.2 Å². The standard InChI is InChI=1S/C18H19NO5/c1-13(17(19)20)24-18(21)15-9-5-6-10-16(15)23-12-11-22-14-7-3-2-4-8-14/h2-10,13H,11-12H2,1H3,(H2,19,20)/t13-/m1/s1. The van der Waals surface area contributed by atoms with Gasteiger partial charge in [-0.25, -0.2) is 4.79 Å². The molecule has 6 nitrogen and oxygen atoms in total. The Kier molecular flexibility index (Phi) is 6.19. The van der Waals surface area contributed by atoms with Gasteiger partial charge in [-0.3, -0.25) is 4.79 Å². The molecular weight excluding hydrogens is 310 g/mol. The number of carbonyl (C=O) groups excluding carboxylic acids is 2. The van der Waals surface area contributed by atoms with Crippen molar-refractivity contribution in [3.8, 4) is 11.5 Å². The molecule has 0 bridgehead atoms. The smallest absolute Gasteiger partial charge is 0.342 e. The number of ether oxygens (including phenoxy) is 3. The van der Waals surface area contributed by atoms with Crippen LogP contribution in [0.25, 0.3) is 0 Å². The second-order valence-electron chi connectivity index (χ2n) is 4.96. The van der Waals surface area contributed by atoms with Crippen LogP contribution in [0.1, 0.15) is 17.3 Å². The molecule has 126 valence electrons. The lowest BCUT2D eigenvalue weighted by atomic mass is 10.2. The number of para-hydroxylation sites is 2. The predicted octanol–water partition coefficient (Wildman–Crippen LogP) is 2.18. The van der Waals surface area contributed by atoms with Crippen molar-refractivity contribution in [2.45, 2.75) is 13.0 Å². The van der Waals surface area contributed by atoms with Gasteiger partial charge in [0.25, 0.3) is 5.91 Å². The van der Waals surface area contributed by atoms with Crippen LogP contribution in [0, 0.1) is 0 Å². The quantitative estimate of drug-likeness (QED) is 0.592. The van der Waals surface area contributed by atoms with Gasteiger partial charge in [0, 0.05) is 0 Å². The average Bonchev–Trinajstić information content (AvgIpc) is 2.59. The van der Waals surface area contributed by atoms with Gasteiger partial charge in [0.1, 0.15) is 30.3 Å². The molecule has 0 aliphatic carbocycles. The Hall–Kier alpha value is -3.02. The molecule has 0 spiro atoms. The topological polar surface area (TPSA) is 87.8 Å². The zero-order valence-electron chi connectivity index (χ0n) is 13.3. The fraction of sp³-hybridized carbons (Fsp3) is 0.222. The second-order valence-corrected chi connectivity index (χ2v) is 4.96. The van der Waals surface area contributed by atoms with Gasteiger partial charge in [0.15, 0.2) is 6.10 Å². The van der Waals surface area contributed by atoms with Crippen LogP contribution in [0.2, 0.25) is 0 Å². The summed E-state index contributed by atoms with van der Waals surface area (Å²) in [5, 5.41) is 0. The average molecular weight is 329 g/mol. The van der Waals surface area contributed by atoms with E-state index in [1.165, 1.54) is 6.92 Å². The number of esters is 1. The van der Waals surface area contributed by atoms with E-state index in [2.05, 4.69) is 0 Å². The zero-order valence-corrected chi connectivity index (χ0v) is 13.3. The number of primary amides is 1. The fourth-order valence-electron chi connectivity index (χ4n) is 1.87. The number of carbonyl (C=O) groups is 2. The van der Waals surface area contributed by atoms with Crippen LogP contribution in [0.4, 0.5) is 0 Å². The van der Waals surface area contributed by atoms with E-state index in [4.69, 9.17) is 19.9 Å². The fourth-order valence-corrected chi connectivity index (χ4v) is 1.87. The van der Waals surface area contributed by atoms with Crippen molar-refractivity contribution in [1.29, 1.82) is 0 Å². The van der Waals surface area contributed by atoms with Crippen LogP contribution in [-0.4, -0.2) is 31.2 Å². The number of rotatable bonds is 8. The summed E-state index contributed by atoms with van der Waals surface area (Å²) in [7, 11) is 0. The van der Waals surface area contributed by atoms with E-state index in [0.717, 1.165) is 5.75 Å². The third-order valence-corrected chi connectivity index (χ3v) is 3.14. The number of hydrogen-bond acceptors (Lipinski definition) is 5. The Labute approximate surface area is 140 Å². The van der Waals surface area contributed by atoms with E-state index in [-0.39, 0.29) is 12.2 Å². The molecule has 1 amide bonds. The largest absolute Gasteiger partial charge is 0.490 e. The van der Waals surface area contributed by atoms with Crippen molar-refractivity contribution < 1.29 is 23.8 Å². The summed E-state index contributed by atoms with van der Waals surface area (Å²) in [6, 6.07) is 16.0. The van der Waals surface area contributed by atoms with Gasteiger partial charge in [-0.2, -0.15) is 0 Å². The highest BCUT2D eigenvalue weighted by Crippen LogP contribution is 2.19. The first-order chi connectivity index (χ1) is 11.6. The molecule has 0 fully saturated rings.